The lowest BCUT2D eigenvalue weighted by Crippen LogP contribution is -1.86. The fourth-order valence-corrected chi connectivity index (χ4v) is 3.82. The van der Waals surface area contributed by atoms with Crippen molar-refractivity contribution in [3.8, 4) is 0 Å². The smallest absolute Gasteiger partial charge is 0.217 e. The van der Waals surface area contributed by atoms with E-state index >= 15 is 0 Å². The van der Waals surface area contributed by atoms with E-state index in [9.17, 15) is 0 Å². The predicted molar refractivity (Wildman–Crippen MR) is 74.8 cm³/mol. The third-order valence-corrected chi connectivity index (χ3v) is 4.94. The van der Waals surface area contributed by atoms with Crippen molar-refractivity contribution in [1.29, 1.82) is 0 Å². The maximum Gasteiger partial charge on any atom is 0.217 e. The Hall–Kier alpha value is -2.62. The molecule has 3 aromatic heterocycles. The second-order valence-electron chi connectivity index (χ2n) is 5.79. The van der Waals surface area contributed by atoms with Crippen LogP contribution >= 0.6 is 0 Å². The summed E-state index contributed by atoms with van der Waals surface area (Å²) >= 11 is 0. The van der Waals surface area contributed by atoms with Gasteiger partial charge >= 0.3 is 0 Å². The molecule has 0 fully saturated rings. The van der Waals surface area contributed by atoms with Crippen LogP contribution in [0.4, 0.5) is 0 Å². The summed E-state index contributed by atoms with van der Waals surface area (Å²) < 4.78 is 23.6. The van der Waals surface area contributed by atoms with E-state index in [0.29, 0.717) is 0 Å². The second-order valence-corrected chi connectivity index (χ2v) is 5.79. The highest BCUT2D eigenvalue weighted by molar-refractivity contribution is 6.40. The lowest BCUT2D eigenvalue weighted by Gasteiger charge is -2.06. The highest BCUT2D eigenvalue weighted by atomic mass is 16.4. The standard InChI is InChI=1S/C16H6O4/c1-3-4(2)6-8-7-5(3)9-13(17-9)15-11(7)19-14(10(6)18-15)16-12(8)20-16/h1-2H3. The largest absolute Gasteiger partial charge is 0.445 e. The lowest BCUT2D eigenvalue weighted by molar-refractivity contribution is 0.587. The first-order valence-electron chi connectivity index (χ1n) is 6.63. The van der Waals surface area contributed by atoms with E-state index in [0.717, 1.165) is 66.2 Å². The highest BCUT2D eigenvalue weighted by Gasteiger charge is 2.35. The second kappa shape index (κ2) is 2.06. The Morgan fingerprint density at radius 2 is 0.700 bits per heavy atom. The van der Waals surface area contributed by atoms with E-state index in [4.69, 9.17) is 17.7 Å². The van der Waals surface area contributed by atoms with Gasteiger partial charge in [0, 0.05) is 21.5 Å². The van der Waals surface area contributed by atoms with E-state index in [1.165, 1.54) is 11.1 Å². The average molecular weight is 262 g/mol. The monoisotopic (exact) mass is 262 g/mol. The van der Waals surface area contributed by atoms with Crippen molar-refractivity contribution in [3.05, 3.63) is 11.1 Å². The number of aryl methyl sites for hydroxylation is 2. The Morgan fingerprint density at radius 1 is 0.400 bits per heavy atom. The summed E-state index contributed by atoms with van der Waals surface area (Å²) in [5, 5.41) is 4.48. The molecule has 3 heterocycles. The van der Waals surface area contributed by atoms with Crippen LogP contribution in [0.25, 0.3) is 66.2 Å². The number of hydrogen-bond donors (Lipinski definition) is 0. The molecule has 6 rings (SSSR count). The summed E-state index contributed by atoms with van der Waals surface area (Å²) in [7, 11) is 0. The molecule has 0 radical (unpaired) electrons. The predicted octanol–water partition coefficient (Wildman–Crippen LogP) is 5.35. The van der Waals surface area contributed by atoms with Crippen LogP contribution in [0.2, 0.25) is 0 Å². The molecule has 0 saturated heterocycles. The van der Waals surface area contributed by atoms with Crippen molar-refractivity contribution in [2.75, 3.05) is 0 Å². The van der Waals surface area contributed by atoms with Crippen LogP contribution in [0, 0.1) is 13.8 Å². The molecule has 0 spiro atoms. The van der Waals surface area contributed by atoms with Crippen molar-refractivity contribution in [1.82, 2.24) is 0 Å². The number of fused-ring (bicyclic) bond motifs is 13. The summed E-state index contributed by atoms with van der Waals surface area (Å²) in [4.78, 5) is 0. The van der Waals surface area contributed by atoms with Crippen LogP contribution in [0.15, 0.2) is 17.7 Å². The van der Waals surface area contributed by atoms with Crippen LogP contribution in [-0.4, -0.2) is 0 Å². The minimum absolute atomic E-state index is 0.727. The number of benzene rings is 3. The third-order valence-electron chi connectivity index (χ3n) is 4.94. The van der Waals surface area contributed by atoms with Gasteiger partial charge in [-0.05, 0) is 25.0 Å². The zero-order chi connectivity index (χ0) is 12.9. The third kappa shape index (κ3) is 0.591. The normalized spacial score (nSPS) is 14.5. The molecule has 0 unspecified atom stereocenters. The van der Waals surface area contributed by atoms with Crippen molar-refractivity contribution in [3.63, 3.8) is 0 Å². The van der Waals surface area contributed by atoms with Gasteiger partial charge in [-0.25, -0.2) is 0 Å². The van der Waals surface area contributed by atoms with E-state index in [2.05, 4.69) is 13.8 Å². The zero-order valence-electron chi connectivity index (χ0n) is 10.6. The van der Waals surface area contributed by atoms with Crippen LogP contribution in [0.1, 0.15) is 11.1 Å². The minimum atomic E-state index is 0.727. The maximum absolute atomic E-state index is 6.13. The molecule has 0 aliphatic rings. The molecule has 20 heavy (non-hydrogen) atoms. The maximum atomic E-state index is 6.13. The Morgan fingerprint density at radius 3 is 1.05 bits per heavy atom. The first kappa shape index (κ1) is 8.53. The topological polar surface area (TPSA) is 52.6 Å². The SMILES string of the molecule is Cc1c(C)c2c3oc4c5oc5c1c1c4oc3c3oc3c21. The van der Waals surface area contributed by atoms with Crippen molar-refractivity contribution >= 4 is 66.2 Å². The van der Waals surface area contributed by atoms with Gasteiger partial charge in [-0.1, -0.05) is 0 Å². The fourth-order valence-electron chi connectivity index (χ4n) is 3.82. The van der Waals surface area contributed by atoms with Gasteiger partial charge in [0.25, 0.3) is 0 Å². The summed E-state index contributed by atoms with van der Waals surface area (Å²) in [6.07, 6.45) is 0. The average Bonchev–Trinajstić information content (AvgIpc) is 3.32. The summed E-state index contributed by atoms with van der Waals surface area (Å²) in [6, 6.07) is 0. The van der Waals surface area contributed by atoms with Crippen LogP contribution in [0.5, 0.6) is 0 Å². The van der Waals surface area contributed by atoms with E-state index in [-0.39, 0.29) is 0 Å². The van der Waals surface area contributed by atoms with Gasteiger partial charge in [-0.3, -0.25) is 0 Å². The highest BCUT2D eigenvalue weighted by Crippen LogP contribution is 2.55. The summed E-state index contributed by atoms with van der Waals surface area (Å²) in [6.45, 7) is 4.26. The Labute approximate surface area is 109 Å². The molecule has 94 valence electrons. The van der Waals surface area contributed by atoms with E-state index in [1.54, 1.807) is 0 Å². The fraction of sp³-hybridized carbons (Fsp3) is 0.125. The van der Waals surface area contributed by atoms with Gasteiger partial charge < -0.3 is 17.7 Å². The van der Waals surface area contributed by atoms with Gasteiger partial charge in [-0.15, -0.1) is 0 Å². The van der Waals surface area contributed by atoms with Crippen LogP contribution < -0.4 is 0 Å². The molecule has 0 aliphatic heterocycles. The van der Waals surface area contributed by atoms with Crippen molar-refractivity contribution < 1.29 is 17.7 Å². The summed E-state index contributed by atoms with van der Waals surface area (Å²) in [5.41, 5.74) is 9.03. The molecule has 4 heteroatoms. The number of rotatable bonds is 0. The number of hydrogen-bond acceptors (Lipinski definition) is 4. The molecule has 0 N–H and O–H groups in total. The minimum Gasteiger partial charge on any atom is -0.445 e. The van der Waals surface area contributed by atoms with Gasteiger partial charge in [0.15, 0.2) is 22.3 Å². The molecule has 0 atom stereocenters. The zero-order valence-corrected chi connectivity index (χ0v) is 10.6. The Kier molecular flexibility index (Phi) is 0.878. The van der Waals surface area contributed by atoms with Gasteiger partial charge in [0.1, 0.15) is 0 Å². The quantitative estimate of drug-likeness (QED) is 0.273. The molecular formula is C16H6O4. The van der Waals surface area contributed by atoms with Gasteiger partial charge in [-0.2, -0.15) is 0 Å². The van der Waals surface area contributed by atoms with Crippen molar-refractivity contribution in [2.45, 2.75) is 13.8 Å². The molecule has 0 bridgehead atoms. The summed E-state index contributed by atoms with van der Waals surface area (Å²) in [5.74, 6) is 0. The first-order valence-corrected chi connectivity index (χ1v) is 6.63. The van der Waals surface area contributed by atoms with Gasteiger partial charge in [0.2, 0.25) is 22.3 Å². The molecule has 0 saturated carbocycles. The molecule has 6 aromatic rings. The van der Waals surface area contributed by atoms with E-state index < -0.39 is 0 Å². The first-order chi connectivity index (χ1) is 9.75. The van der Waals surface area contributed by atoms with E-state index in [1.807, 2.05) is 0 Å². The van der Waals surface area contributed by atoms with Crippen LogP contribution in [-0.2, 0) is 0 Å². The Balaban J connectivity index is 2.22. The molecule has 0 amide bonds. The molecule has 4 nitrogen and oxygen atoms in total. The molecule has 0 aliphatic carbocycles. The van der Waals surface area contributed by atoms with Crippen LogP contribution in [0.3, 0.4) is 0 Å². The Bertz CT molecular complexity index is 1400. The van der Waals surface area contributed by atoms with Crippen molar-refractivity contribution in [2.24, 2.45) is 0 Å². The lowest BCUT2D eigenvalue weighted by atomic mass is 9.93. The van der Waals surface area contributed by atoms with Gasteiger partial charge in [0.05, 0.1) is 0 Å². The molecule has 3 aromatic carbocycles. The molecular weight excluding hydrogens is 256 g/mol.